The van der Waals surface area contributed by atoms with Crippen molar-refractivity contribution in [2.45, 2.75) is 25.8 Å². The predicted octanol–water partition coefficient (Wildman–Crippen LogP) is 2.06. The maximum Gasteiger partial charge on any atom is 0.261 e. The molecule has 18 heavy (non-hydrogen) atoms. The summed E-state index contributed by atoms with van der Waals surface area (Å²) < 4.78 is 0. The van der Waals surface area contributed by atoms with E-state index in [1.165, 1.54) is 11.0 Å². The highest BCUT2D eigenvalue weighted by Gasteiger charge is 2.35. The Kier molecular flexibility index (Phi) is 3.17. The number of carbonyl (C=O) groups excluding carboxylic acids is 2. The molecule has 2 rings (SSSR count). The van der Waals surface area contributed by atoms with Gasteiger partial charge in [0.2, 0.25) is 0 Å². The van der Waals surface area contributed by atoms with E-state index in [9.17, 15) is 9.59 Å². The predicted molar refractivity (Wildman–Crippen MR) is 69.7 cm³/mol. The molecule has 0 atom stereocenters. The van der Waals surface area contributed by atoms with Crippen LogP contribution in [0.1, 0.15) is 41.0 Å². The Hall–Kier alpha value is -1.39. The van der Waals surface area contributed by atoms with Crippen LogP contribution in [0.3, 0.4) is 0 Å². The number of carbonyl (C=O) groups is 2. The van der Waals surface area contributed by atoms with Crippen molar-refractivity contribution in [2.24, 2.45) is 5.73 Å². The van der Waals surface area contributed by atoms with E-state index in [1.54, 1.807) is 12.1 Å². The maximum absolute atomic E-state index is 12.1. The van der Waals surface area contributed by atoms with E-state index < -0.39 is 5.54 Å². The first-order valence-corrected chi connectivity index (χ1v) is 6.12. The second kappa shape index (κ2) is 4.37. The number of nitrogens with two attached hydrogens (primary N) is 1. The standard InChI is InChI=1S/C13H15ClN2O2/c1-13(2,15)5-6-16-11(17)9-4-3-8(14)7-10(9)12(16)18/h3-4,7H,5-6,15H2,1-2H3. The molecule has 0 fully saturated rings. The van der Waals surface area contributed by atoms with E-state index in [4.69, 9.17) is 17.3 Å². The van der Waals surface area contributed by atoms with Crippen molar-refractivity contribution in [1.29, 1.82) is 0 Å². The highest BCUT2D eigenvalue weighted by Crippen LogP contribution is 2.26. The molecule has 0 aliphatic carbocycles. The molecule has 0 radical (unpaired) electrons. The molecule has 0 spiro atoms. The normalized spacial score (nSPS) is 15.2. The summed E-state index contributed by atoms with van der Waals surface area (Å²) >= 11 is 5.83. The van der Waals surface area contributed by atoms with Crippen LogP contribution in [-0.2, 0) is 0 Å². The summed E-state index contributed by atoms with van der Waals surface area (Å²) in [4.78, 5) is 25.4. The van der Waals surface area contributed by atoms with Crippen molar-refractivity contribution < 1.29 is 9.59 Å². The van der Waals surface area contributed by atoms with Crippen molar-refractivity contribution >= 4 is 23.4 Å². The molecule has 5 heteroatoms. The number of hydrogen-bond acceptors (Lipinski definition) is 3. The van der Waals surface area contributed by atoms with Gasteiger partial charge in [-0.25, -0.2) is 0 Å². The molecule has 1 aromatic carbocycles. The minimum atomic E-state index is -0.410. The molecule has 96 valence electrons. The lowest BCUT2D eigenvalue weighted by molar-refractivity contribution is 0.0645. The summed E-state index contributed by atoms with van der Waals surface area (Å²) in [6.45, 7) is 4.05. The number of rotatable bonds is 3. The monoisotopic (exact) mass is 266 g/mol. The largest absolute Gasteiger partial charge is 0.325 e. The molecule has 1 aliphatic rings. The zero-order valence-corrected chi connectivity index (χ0v) is 11.1. The zero-order valence-electron chi connectivity index (χ0n) is 10.4. The number of nitrogens with zero attached hydrogens (tertiary/aromatic N) is 1. The van der Waals surface area contributed by atoms with Crippen LogP contribution >= 0.6 is 11.6 Å². The van der Waals surface area contributed by atoms with Gasteiger partial charge in [0, 0.05) is 17.1 Å². The summed E-state index contributed by atoms with van der Waals surface area (Å²) in [5, 5.41) is 0.455. The Balaban J connectivity index is 2.23. The molecular formula is C13H15ClN2O2. The van der Waals surface area contributed by atoms with Crippen LogP contribution in [0.25, 0.3) is 0 Å². The molecule has 2 amide bonds. The van der Waals surface area contributed by atoms with Gasteiger partial charge in [-0.2, -0.15) is 0 Å². The van der Waals surface area contributed by atoms with Crippen LogP contribution in [0.4, 0.5) is 0 Å². The molecule has 0 bridgehead atoms. The van der Waals surface area contributed by atoms with Gasteiger partial charge >= 0.3 is 0 Å². The molecule has 0 saturated carbocycles. The molecule has 2 N–H and O–H groups in total. The second-order valence-corrected chi connectivity index (χ2v) is 5.63. The Morgan fingerprint density at radius 2 is 1.83 bits per heavy atom. The molecule has 0 unspecified atom stereocenters. The Morgan fingerprint density at radius 1 is 1.22 bits per heavy atom. The van der Waals surface area contributed by atoms with Gasteiger partial charge in [0.15, 0.2) is 0 Å². The van der Waals surface area contributed by atoms with Crippen molar-refractivity contribution in [3.05, 3.63) is 34.3 Å². The van der Waals surface area contributed by atoms with Crippen molar-refractivity contribution in [3.63, 3.8) is 0 Å². The van der Waals surface area contributed by atoms with Crippen LogP contribution in [-0.4, -0.2) is 28.8 Å². The van der Waals surface area contributed by atoms with E-state index in [0.29, 0.717) is 29.1 Å². The second-order valence-electron chi connectivity index (χ2n) is 5.19. The smallest absolute Gasteiger partial charge is 0.261 e. The van der Waals surface area contributed by atoms with Gasteiger partial charge in [-0.3, -0.25) is 14.5 Å². The Morgan fingerprint density at radius 3 is 2.44 bits per heavy atom. The van der Waals surface area contributed by atoms with Crippen molar-refractivity contribution in [3.8, 4) is 0 Å². The number of hydrogen-bond donors (Lipinski definition) is 1. The molecule has 4 nitrogen and oxygen atoms in total. The molecule has 1 aliphatic heterocycles. The van der Waals surface area contributed by atoms with Gasteiger partial charge in [0.25, 0.3) is 11.8 Å². The topological polar surface area (TPSA) is 63.4 Å². The molecular weight excluding hydrogens is 252 g/mol. The third-order valence-electron chi connectivity index (χ3n) is 2.91. The van der Waals surface area contributed by atoms with Crippen molar-refractivity contribution in [2.75, 3.05) is 6.54 Å². The lowest BCUT2D eigenvalue weighted by Crippen LogP contribution is -2.39. The highest BCUT2D eigenvalue weighted by molar-refractivity contribution is 6.32. The van der Waals surface area contributed by atoms with Gasteiger partial charge in [0.05, 0.1) is 11.1 Å². The molecule has 0 aromatic heterocycles. The van der Waals surface area contributed by atoms with Crippen LogP contribution in [0.5, 0.6) is 0 Å². The maximum atomic E-state index is 12.1. The first-order valence-electron chi connectivity index (χ1n) is 5.74. The molecule has 1 aromatic rings. The molecule has 0 saturated heterocycles. The van der Waals surface area contributed by atoms with Crippen LogP contribution in [0, 0.1) is 0 Å². The summed E-state index contributed by atoms with van der Waals surface area (Å²) in [6.07, 6.45) is 0.562. The van der Waals surface area contributed by atoms with Gasteiger partial charge in [-0.05, 0) is 38.5 Å². The summed E-state index contributed by atoms with van der Waals surface area (Å²) in [6, 6.07) is 4.73. The Labute approximate surface area is 111 Å². The lowest BCUT2D eigenvalue weighted by Gasteiger charge is -2.22. The summed E-state index contributed by atoms with van der Waals surface area (Å²) in [5.74, 6) is -0.558. The van der Waals surface area contributed by atoms with Gasteiger partial charge in [0.1, 0.15) is 0 Å². The third-order valence-corrected chi connectivity index (χ3v) is 3.15. The van der Waals surface area contributed by atoms with Crippen LogP contribution in [0.2, 0.25) is 5.02 Å². The minimum absolute atomic E-state index is 0.268. The van der Waals surface area contributed by atoms with E-state index in [1.807, 2.05) is 13.8 Å². The number of benzene rings is 1. The fourth-order valence-electron chi connectivity index (χ4n) is 1.87. The number of amides is 2. The van der Waals surface area contributed by atoms with Crippen LogP contribution in [0.15, 0.2) is 18.2 Å². The van der Waals surface area contributed by atoms with E-state index in [2.05, 4.69) is 0 Å². The number of fused-ring (bicyclic) bond motifs is 1. The SMILES string of the molecule is CC(C)(N)CCN1C(=O)c2ccc(Cl)cc2C1=O. The van der Waals surface area contributed by atoms with Crippen LogP contribution < -0.4 is 5.73 Å². The lowest BCUT2D eigenvalue weighted by atomic mass is 10.0. The summed E-state index contributed by atoms with van der Waals surface area (Å²) in [5.41, 5.74) is 6.25. The third kappa shape index (κ3) is 2.40. The minimum Gasteiger partial charge on any atom is -0.325 e. The zero-order chi connectivity index (χ0) is 13.5. The quantitative estimate of drug-likeness (QED) is 0.852. The van der Waals surface area contributed by atoms with E-state index >= 15 is 0 Å². The van der Waals surface area contributed by atoms with E-state index in [0.717, 1.165) is 0 Å². The van der Waals surface area contributed by atoms with Crippen molar-refractivity contribution in [1.82, 2.24) is 4.90 Å². The highest BCUT2D eigenvalue weighted by atomic mass is 35.5. The van der Waals surface area contributed by atoms with Gasteiger partial charge < -0.3 is 5.73 Å². The first-order chi connectivity index (χ1) is 8.29. The fraction of sp³-hybridized carbons (Fsp3) is 0.385. The molecule has 1 heterocycles. The number of halogens is 1. The average Bonchev–Trinajstić information content (AvgIpc) is 2.48. The Bertz CT molecular complexity index is 520. The average molecular weight is 267 g/mol. The van der Waals surface area contributed by atoms with Gasteiger partial charge in [-0.15, -0.1) is 0 Å². The first kappa shape index (κ1) is 13.1. The summed E-state index contributed by atoms with van der Waals surface area (Å²) in [7, 11) is 0. The van der Waals surface area contributed by atoms with Gasteiger partial charge in [-0.1, -0.05) is 11.6 Å². The fourth-order valence-corrected chi connectivity index (χ4v) is 2.04. The number of imide groups is 1. The van der Waals surface area contributed by atoms with E-state index in [-0.39, 0.29) is 11.8 Å².